The van der Waals surface area contributed by atoms with E-state index in [9.17, 15) is 9.50 Å². The Kier molecular flexibility index (Phi) is 4.79. The lowest BCUT2D eigenvalue weighted by atomic mass is 10.0. The van der Waals surface area contributed by atoms with Crippen LogP contribution in [-0.2, 0) is 13.2 Å². The Hall–Kier alpha value is -2.89. The Labute approximate surface area is 160 Å². The second kappa shape index (κ2) is 7.39. The fourth-order valence-corrected chi connectivity index (χ4v) is 3.39. The van der Waals surface area contributed by atoms with Gasteiger partial charge in [-0.05, 0) is 29.3 Å². The minimum absolute atomic E-state index is 0.184. The van der Waals surface area contributed by atoms with Crippen LogP contribution in [0.2, 0.25) is 5.02 Å². The molecule has 6 heteroatoms. The van der Waals surface area contributed by atoms with Gasteiger partial charge in [0.05, 0.1) is 11.6 Å². The number of nitrogens with one attached hydrogen (secondary N) is 1. The van der Waals surface area contributed by atoms with Gasteiger partial charge in [-0.1, -0.05) is 41.9 Å². The van der Waals surface area contributed by atoms with Crippen molar-refractivity contribution in [2.45, 2.75) is 13.2 Å². The number of H-pyrrole nitrogens is 1. The number of aliphatic hydroxyl groups is 1. The zero-order chi connectivity index (χ0) is 18.8. The monoisotopic (exact) mass is 382 g/mol. The summed E-state index contributed by atoms with van der Waals surface area (Å²) < 4.78 is 20.5. The number of aromatic nitrogens is 2. The minimum atomic E-state index is -0.468. The highest BCUT2D eigenvalue weighted by Crippen LogP contribution is 2.41. The Balaban J connectivity index is 1.79. The highest BCUT2D eigenvalue weighted by molar-refractivity contribution is 6.35. The van der Waals surface area contributed by atoms with Crippen LogP contribution in [0, 0.1) is 5.82 Å². The lowest BCUT2D eigenvalue weighted by Gasteiger charge is -2.14. The number of nitrogens with zero attached hydrogens (tertiary/aromatic N) is 1. The predicted octanol–water partition coefficient (Wildman–Crippen LogP) is 5.09. The molecule has 0 saturated carbocycles. The van der Waals surface area contributed by atoms with Gasteiger partial charge in [0, 0.05) is 28.9 Å². The summed E-state index contributed by atoms with van der Waals surface area (Å²) in [5, 5.41) is 10.4. The minimum Gasteiger partial charge on any atom is -0.487 e. The summed E-state index contributed by atoms with van der Waals surface area (Å²) in [5.74, 6) is -0.0763. The molecule has 0 saturated heterocycles. The lowest BCUT2D eigenvalue weighted by molar-refractivity contribution is 0.283. The first-order valence-corrected chi connectivity index (χ1v) is 8.77. The van der Waals surface area contributed by atoms with Crippen LogP contribution in [-0.4, -0.2) is 15.1 Å². The number of ether oxygens (including phenoxy) is 1. The smallest absolute Gasteiger partial charge is 0.139 e. The third kappa shape index (κ3) is 3.27. The lowest BCUT2D eigenvalue weighted by Crippen LogP contribution is -1.98. The fraction of sp³-hybridized carbons (Fsp3) is 0.0952. The summed E-state index contributed by atoms with van der Waals surface area (Å²) in [6.45, 7) is 0.131. The Bertz CT molecular complexity index is 1100. The van der Waals surface area contributed by atoms with E-state index < -0.39 is 5.82 Å². The molecule has 0 aliphatic rings. The first-order valence-electron chi connectivity index (χ1n) is 8.40. The summed E-state index contributed by atoms with van der Waals surface area (Å²) >= 11 is 6.52. The van der Waals surface area contributed by atoms with Crippen molar-refractivity contribution < 1.29 is 14.2 Å². The Morgan fingerprint density at radius 1 is 1.11 bits per heavy atom. The molecule has 0 fully saturated rings. The van der Waals surface area contributed by atoms with E-state index >= 15 is 0 Å². The van der Waals surface area contributed by atoms with Crippen molar-refractivity contribution in [1.29, 1.82) is 0 Å². The predicted molar refractivity (Wildman–Crippen MR) is 103 cm³/mol. The molecule has 2 heterocycles. The molecular formula is C21H16ClFN2O2. The van der Waals surface area contributed by atoms with Crippen molar-refractivity contribution in [3.8, 4) is 16.9 Å². The number of benzene rings is 2. The summed E-state index contributed by atoms with van der Waals surface area (Å²) in [6.07, 6.45) is 3.23. The number of hydrogen-bond acceptors (Lipinski definition) is 3. The molecule has 0 bridgehead atoms. The van der Waals surface area contributed by atoms with E-state index in [1.807, 2.05) is 30.3 Å². The summed E-state index contributed by atoms with van der Waals surface area (Å²) in [7, 11) is 0. The van der Waals surface area contributed by atoms with Gasteiger partial charge in [0.2, 0.25) is 0 Å². The maximum atomic E-state index is 14.7. The first kappa shape index (κ1) is 17.5. The van der Waals surface area contributed by atoms with Crippen molar-refractivity contribution in [2.24, 2.45) is 0 Å². The van der Waals surface area contributed by atoms with Gasteiger partial charge in [0.25, 0.3) is 0 Å². The third-order valence-electron chi connectivity index (χ3n) is 4.39. The second-order valence-electron chi connectivity index (χ2n) is 6.06. The van der Waals surface area contributed by atoms with E-state index in [1.54, 1.807) is 18.5 Å². The van der Waals surface area contributed by atoms with Crippen LogP contribution in [0.3, 0.4) is 0 Å². The molecule has 2 aromatic carbocycles. The SMILES string of the molecule is OCc1c[nH]c2nccc(-c3c(F)ccc(OCc4ccccc4)c3Cl)c12. The number of rotatable bonds is 5. The molecule has 0 aliphatic heterocycles. The Morgan fingerprint density at radius 2 is 1.93 bits per heavy atom. The average Bonchev–Trinajstić information content (AvgIpc) is 3.12. The molecule has 0 amide bonds. The standard InChI is InChI=1S/C21H16ClFN2O2/c22-20-17(27-12-13-4-2-1-3-5-13)7-6-16(23)19(20)15-8-9-24-21-18(15)14(11-26)10-25-21/h1-10,26H,11-12H2,(H,24,25). The van der Waals surface area contributed by atoms with E-state index in [0.29, 0.717) is 34.5 Å². The van der Waals surface area contributed by atoms with Gasteiger partial charge in [-0.2, -0.15) is 0 Å². The van der Waals surface area contributed by atoms with Crippen LogP contribution in [0.1, 0.15) is 11.1 Å². The molecule has 0 unspecified atom stereocenters. The van der Waals surface area contributed by atoms with Crippen LogP contribution in [0.25, 0.3) is 22.2 Å². The average molecular weight is 383 g/mol. The number of pyridine rings is 1. The molecule has 4 rings (SSSR count). The quantitative estimate of drug-likeness (QED) is 0.505. The number of halogens is 2. The molecular weight excluding hydrogens is 367 g/mol. The van der Waals surface area contributed by atoms with Crippen molar-refractivity contribution in [3.63, 3.8) is 0 Å². The van der Waals surface area contributed by atoms with Gasteiger partial charge in [-0.15, -0.1) is 0 Å². The van der Waals surface area contributed by atoms with Gasteiger partial charge in [-0.25, -0.2) is 9.37 Å². The van der Waals surface area contributed by atoms with E-state index in [0.717, 1.165) is 5.56 Å². The van der Waals surface area contributed by atoms with Crippen LogP contribution in [0.15, 0.2) is 60.9 Å². The van der Waals surface area contributed by atoms with Crippen molar-refractivity contribution >= 4 is 22.6 Å². The van der Waals surface area contributed by atoms with E-state index in [1.165, 1.54) is 12.1 Å². The third-order valence-corrected chi connectivity index (χ3v) is 4.76. The zero-order valence-electron chi connectivity index (χ0n) is 14.2. The van der Waals surface area contributed by atoms with Gasteiger partial charge < -0.3 is 14.8 Å². The number of aromatic amines is 1. The van der Waals surface area contributed by atoms with Crippen LogP contribution >= 0.6 is 11.6 Å². The summed E-state index contributed by atoms with van der Waals surface area (Å²) in [5.41, 5.74) is 2.95. The highest BCUT2D eigenvalue weighted by atomic mass is 35.5. The molecule has 27 heavy (non-hydrogen) atoms. The number of hydrogen-bond donors (Lipinski definition) is 2. The van der Waals surface area contributed by atoms with E-state index in [2.05, 4.69) is 9.97 Å². The Morgan fingerprint density at radius 3 is 2.70 bits per heavy atom. The van der Waals surface area contributed by atoms with E-state index in [4.69, 9.17) is 16.3 Å². The van der Waals surface area contributed by atoms with Crippen LogP contribution < -0.4 is 4.74 Å². The molecule has 2 aromatic heterocycles. The maximum Gasteiger partial charge on any atom is 0.139 e. The van der Waals surface area contributed by atoms with Gasteiger partial charge in [0.1, 0.15) is 23.8 Å². The topological polar surface area (TPSA) is 58.1 Å². The molecule has 0 radical (unpaired) electrons. The van der Waals surface area contributed by atoms with Crippen LogP contribution in [0.5, 0.6) is 5.75 Å². The van der Waals surface area contributed by atoms with Gasteiger partial charge >= 0.3 is 0 Å². The molecule has 4 aromatic rings. The molecule has 0 aliphatic carbocycles. The number of fused-ring (bicyclic) bond motifs is 1. The maximum absolute atomic E-state index is 14.7. The van der Waals surface area contributed by atoms with Crippen molar-refractivity contribution in [3.05, 3.63) is 82.9 Å². The summed E-state index contributed by atoms with van der Waals surface area (Å²) in [6, 6.07) is 14.2. The molecule has 4 nitrogen and oxygen atoms in total. The first-order chi connectivity index (χ1) is 13.2. The molecule has 0 atom stereocenters. The van der Waals surface area contributed by atoms with Gasteiger partial charge in [-0.3, -0.25) is 0 Å². The second-order valence-corrected chi connectivity index (χ2v) is 6.44. The van der Waals surface area contributed by atoms with E-state index in [-0.39, 0.29) is 17.2 Å². The zero-order valence-corrected chi connectivity index (χ0v) is 15.0. The fourth-order valence-electron chi connectivity index (χ4n) is 3.08. The van der Waals surface area contributed by atoms with Crippen molar-refractivity contribution in [1.82, 2.24) is 9.97 Å². The largest absolute Gasteiger partial charge is 0.487 e. The number of aliphatic hydroxyl groups excluding tert-OH is 1. The van der Waals surface area contributed by atoms with Crippen LogP contribution in [0.4, 0.5) is 4.39 Å². The summed E-state index contributed by atoms with van der Waals surface area (Å²) in [4.78, 5) is 7.21. The normalized spacial score (nSPS) is 11.1. The van der Waals surface area contributed by atoms with Gasteiger partial charge in [0.15, 0.2) is 0 Å². The highest BCUT2D eigenvalue weighted by Gasteiger charge is 2.19. The molecule has 136 valence electrons. The van der Waals surface area contributed by atoms with Crippen molar-refractivity contribution in [2.75, 3.05) is 0 Å². The molecule has 2 N–H and O–H groups in total. The molecule has 0 spiro atoms.